The SMILES string of the molecule is CN(C)CCOc1ccc(CC=C(Cc2cc[c]cc2)c2ccccc2)cc1. The molecule has 0 aliphatic carbocycles. The first-order chi connectivity index (χ1) is 13.7. The normalized spacial score (nSPS) is 11.6. The lowest BCUT2D eigenvalue weighted by molar-refractivity contribution is 0.261. The summed E-state index contributed by atoms with van der Waals surface area (Å²) < 4.78 is 5.79. The van der Waals surface area contributed by atoms with Crippen LogP contribution in [0, 0.1) is 6.07 Å². The molecule has 1 radical (unpaired) electrons. The predicted molar refractivity (Wildman–Crippen MR) is 118 cm³/mol. The van der Waals surface area contributed by atoms with Crippen LogP contribution in [0.1, 0.15) is 16.7 Å². The summed E-state index contributed by atoms with van der Waals surface area (Å²) in [6, 6.07) is 30.4. The van der Waals surface area contributed by atoms with Crippen LogP contribution < -0.4 is 4.74 Å². The van der Waals surface area contributed by atoms with Gasteiger partial charge in [0.2, 0.25) is 0 Å². The van der Waals surface area contributed by atoms with E-state index in [1.807, 2.05) is 12.1 Å². The van der Waals surface area contributed by atoms with Crippen molar-refractivity contribution in [3.8, 4) is 5.75 Å². The zero-order chi connectivity index (χ0) is 19.6. The molecule has 0 heterocycles. The topological polar surface area (TPSA) is 12.5 Å². The van der Waals surface area contributed by atoms with E-state index in [-0.39, 0.29) is 0 Å². The molecule has 0 atom stereocenters. The molecule has 3 aromatic carbocycles. The molecule has 0 aliphatic rings. The van der Waals surface area contributed by atoms with Crippen molar-refractivity contribution in [2.75, 3.05) is 27.2 Å². The lowest BCUT2D eigenvalue weighted by atomic mass is 9.96. The van der Waals surface area contributed by atoms with Crippen LogP contribution in [0.25, 0.3) is 5.57 Å². The Kier molecular flexibility index (Phi) is 7.45. The first-order valence-electron chi connectivity index (χ1n) is 9.76. The Morgan fingerprint density at radius 3 is 2.29 bits per heavy atom. The summed E-state index contributed by atoms with van der Waals surface area (Å²) in [6.07, 6.45) is 4.17. The van der Waals surface area contributed by atoms with E-state index in [0.717, 1.165) is 25.1 Å². The third kappa shape index (κ3) is 6.40. The van der Waals surface area contributed by atoms with E-state index in [4.69, 9.17) is 4.74 Å². The quantitative estimate of drug-likeness (QED) is 0.507. The maximum Gasteiger partial charge on any atom is 0.119 e. The van der Waals surface area contributed by atoms with Crippen molar-refractivity contribution in [2.45, 2.75) is 12.8 Å². The van der Waals surface area contributed by atoms with Gasteiger partial charge in [-0.1, -0.05) is 72.8 Å². The summed E-state index contributed by atoms with van der Waals surface area (Å²) in [5.74, 6) is 0.929. The molecule has 0 aliphatic heterocycles. The Hall–Kier alpha value is -2.84. The number of benzene rings is 3. The Labute approximate surface area is 169 Å². The lowest BCUT2D eigenvalue weighted by Gasteiger charge is -2.11. The van der Waals surface area contributed by atoms with E-state index in [0.29, 0.717) is 6.61 Å². The molecule has 0 saturated carbocycles. The van der Waals surface area contributed by atoms with Gasteiger partial charge in [-0.05, 0) is 67.4 Å². The second-order valence-corrected chi connectivity index (χ2v) is 7.18. The minimum absolute atomic E-state index is 0.707. The highest BCUT2D eigenvalue weighted by atomic mass is 16.5. The Morgan fingerprint density at radius 2 is 1.61 bits per heavy atom. The number of likely N-dealkylation sites (N-methyl/N-ethyl adjacent to an activating group) is 1. The predicted octanol–water partition coefficient (Wildman–Crippen LogP) is 5.30. The molecule has 0 saturated heterocycles. The van der Waals surface area contributed by atoms with E-state index in [9.17, 15) is 0 Å². The third-order valence-corrected chi connectivity index (χ3v) is 4.64. The fraction of sp³-hybridized carbons (Fsp3) is 0.231. The highest BCUT2D eigenvalue weighted by Crippen LogP contribution is 2.21. The number of ether oxygens (including phenoxy) is 1. The second kappa shape index (κ2) is 10.5. The molecule has 0 aromatic heterocycles. The van der Waals surface area contributed by atoms with Crippen LogP contribution in [0.3, 0.4) is 0 Å². The van der Waals surface area contributed by atoms with Crippen molar-refractivity contribution in [2.24, 2.45) is 0 Å². The van der Waals surface area contributed by atoms with Gasteiger partial charge in [0.05, 0.1) is 0 Å². The summed E-state index contributed by atoms with van der Waals surface area (Å²) >= 11 is 0. The van der Waals surface area contributed by atoms with Crippen molar-refractivity contribution < 1.29 is 4.74 Å². The molecule has 3 aromatic rings. The molecular weight excluding hydrogens is 342 g/mol. The second-order valence-electron chi connectivity index (χ2n) is 7.18. The summed E-state index contributed by atoms with van der Waals surface area (Å²) in [6.45, 7) is 1.63. The molecule has 2 heteroatoms. The number of hydrogen-bond acceptors (Lipinski definition) is 2. The molecule has 0 spiro atoms. The van der Waals surface area contributed by atoms with Gasteiger partial charge in [-0.25, -0.2) is 0 Å². The average molecular weight is 371 g/mol. The van der Waals surface area contributed by atoms with Gasteiger partial charge in [-0.3, -0.25) is 0 Å². The fourth-order valence-electron chi connectivity index (χ4n) is 3.01. The van der Waals surface area contributed by atoms with Gasteiger partial charge in [0.15, 0.2) is 0 Å². The number of allylic oxidation sites excluding steroid dienone is 2. The average Bonchev–Trinajstić information content (AvgIpc) is 2.73. The van der Waals surface area contributed by atoms with E-state index >= 15 is 0 Å². The molecule has 0 unspecified atom stereocenters. The zero-order valence-electron chi connectivity index (χ0n) is 16.8. The maximum atomic E-state index is 5.79. The Morgan fingerprint density at radius 1 is 0.893 bits per heavy atom. The minimum atomic E-state index is 0.707. The molecule has 0 fully saturated rings. The monoisotopic (exact) mass is 370 g/mol. The molecule has 143 valence electrons. The number of rotatable bonds is 9. The van der Waals surface area contributed by atoms with Crippen molar-refractivity contribution in [3.63, 3.8) is 0 Å². The largest absolute Gasteiger partial charge is 0.492 e. The van der Waals surface area contributed by atoms with Gasteiger partial charge in [-0.2, -0.15) is 0 Å². The molecule has 0 amide bonds. The smallest absolute Gasteiger partial charge is 0.119 e. The van der Waals surface area contributed by atoms with Crippen LogP contribution in [-0.4, -0.2) is 32.1 Å². The molecule has 2 nitrogen and oxygen atoms in total. The zero-order valence-corrected chi connectivity index (χ0v) is 16.8. The van der Waals surface area contributed by atoms with Crippen LogP contribution >= 0.6 is 0 Å². The molecule has 0 bridgehead atoms. The molecule has 28 heavy (non-hydrogen) atoms. The van der Waals surface area contributed by atoms with Gasteiger partial charge in [0.1, 0.15) is 12.4 Å². The van der Waals surface area contributed by atoms with Gasteiger partial charge < -0.3 is 9.64 Å². The number of hydrogen-bond donors (Lipinski definition) is 0. The lowest BCUT2D eigenvalue weighted by Crippen LogP contribution is -2.19. The first-order valence-corrected chi connectivity index (χ1v) is 9.76. The van der Waals surface area contributed by atoms with Gasteiger partial charge >= 0.3 is 0 Å². The van der Waals surface area contributed by atoms with Gasteiger partial charge in [0, 0.05) is 6.54 Å². The summed E-state index contributed by atoms with van der Waals surface area (Å²) in [5.41, 5.74) is 5.21. The van der Waals surface area contributed by atoms with Gasteiger partial charge in [-0.15, -0.1) is 0 Å². The molecule has 3 rings (SSSR count). The molecule has 0 N–H and O–H groups in total. The van der Waals surface area contributed by atoms with Crippen LogP contribution in [0.5, 0.6) is 5.75 Å². The van der Waals surface area contributed by atoms with Crippen molar-refractivity contribution in [1.82, 2.24) is 4.90 Å². The standard InChI is InChI=1S/C26H28NO/c1-27(2)19-20-28-26-17-14-22(15-18-26)13-16-25(24-11-7-4-8-12-24)21-23-9-5-3-6-10-23/h4-12,14-18H,13,19-21H2,1-2H3. The van der Waals surface area contributed by atoms with Crippen LogP contribution in [-0.2, 0) is 12.8 Å². The van der Waals surface area contributed by atoms with Crippen LogP contribution in [0.15, 0.2) is 84.9 Å². The highest BCUT2D eigenvalue weighted by molar-refractivity contribution is 5.68. The first kappa shape index (κ1) is 19.9. The van der Waals surface area contributed by atoms with E-state index in [2.05, 4.69) is 97.9 Å². The van der Waals surface area contributed by atoms with Crippen LogP contribution in [0.2, 0.25) is 0 Å². The van der Waals surface area contributed by atoms with Crippen molar-refractivity contribution in [3.05, 3.63) is 108 Å². The Bertz CT molecular complexity index is 852. The maximum absolute atomic E-state index is 5.79. The summed E-state index contributed by atoms with van der Waals surface area (Å²) in [4.78, 5) is 2.12. The fourth-order valence-corrected chi connectivity index (χ4v) is 3.01. The summed E-state index contributed by atoms with van der Waals surface area (Å²) in [7, 11) is 4.10. The van der Waals surface area contributed by atoms with E-state index in [1.165, 1.54) is 22.3 Å². The molecular formula is C26H28NO. The Balaban J connectivity index is 1.69. The number of nitrogens with zero attached hydrogens (tertiary/aromatic N) is 1. The van der Waals surface area contributed by atoms with E-state index < -0.39 is 0 Å². The highest BCUT2D eigenvalue weighted by Gasteiger charge is 2.04. The van der Waals surface area contributed by atoms with Gasteiger partial charge in [0.25, 0.3) is 0 Å². The van der Waals surface area contributed by atoms with Crippen molar-refractivity contribution in [1.29, 1.82) is 0 Å². The third-order valence-electron chi connectivity index (χ3n) is 4.64. The van der Waals surface area contributed by atoms with E-state index in [1.54, 1.807) is 0 Å². The summed E-state index contributed by atoms with van der Waals surface area (Å²) in [5, 5.41) is 0. The van der Waals surface area contributed by atoms with Crippen molar-refractivity contribution >= 4 is 5.57 Å². The van der Waals surface area contributed by atoms with Crippen LogP contribution in [0.4, 0.5) is 0 Å². The minimum Gasteiger partial charge on any atom is -0.492 e.